The van der Waals surface area contributed by atoms with E-state index >= 15 is 0 Å². The summed E-state index contributed by atoms with van der Waals surface area (Å²) in [7, 11) is 0. The molecule has 0 unspecified atom stereocenters. The van der Waals surface area contributed by atoms with Gasteiger partial charge in [-0.2, -0.15) is 5.26 Å². The van der Waals surface area contributed by atoms with Gasteiger partial charge in [-0.3, -0.25) is 4.79 Å². The third kappa shape index (κ3) is 5.40. The number of carbonyl (C=O) groups excluding carboxylic acids is 1. The fourth-order valence-corrected chi connectivity index (χ4v) is 3.69. The number of aryl methyl sites for hydroxylation is 1. The SMILES string of the molecule is CCCCc1ccc(C#N)c(SCCC(=O)Nc2ccc3c(c2)OCCO3)n1. The zero-order valence-electron chi connectivity index (χ0n) is 15.9. The van der Waals surface area contributed by atoms with E-state index in [0.717, 1.165) is 25.0 Å². The molecule has 1 aromatic carbocycles. The van der Waals surface area contributed by atoms with Crippen LogP contribution in [0.15, 0.2) is 35.4 Å². The highest BCUT2D eigenvalue weighted by Gasteiger charge is 2.13. The fraction of sp³-hybridized carbons (Fsp3) is 0.381. The van der Waals surface area contributed by atoms with Crippen molar-refractivity contribution in [2.45, 2.75) is 37.6 Å². The first-order chi connectivity index (χ1) is 13.7. The predicted molar refractivity (Wildman–Crippen MR) is 109 cm³/mol. The molecule has 1 aromatic heterocycles. The molecule has 0 aliphatic carbocycles. The van der Waals surface area contributed by atoms with Crippen molar-refractivity contribution in [3.8, 4) is 17.6 Å². The Morgan fingerprint density at radius 2 is 2.07 bits per heavy atom. The fourth-order valence-electron chi connectivity index (χ4n) is 2.76. The summed E-state index contributed by atoms with van der Waals surface area (Å²) in [5.41, 5.74) is 2.22. The van der Waals surface area contributed by atoms with Crippen molar-refractivity contribution in [1.82, 2.24) is 4.98 Å². The average molecular weight is 398 g/mol. The van der Waals surface area contributed by atoms with Gasteiger partial charge in [0.2, 0.25) is 5.91 Å². The Kier molecular flexibility index (Phi) is 7.15. The number of benzene rings is 1. The monoisotopic (exact) mass is 397 g/mol. The van der Waals surface area contributed by atoms with Crippen molar-refractivity contribution in [3.63, 3.8) is 0 Å². The van der Waals surface area contributed by atoms with Crippen molar-refractivity contribution >= 4 is 23.4 Å². The predicted octanol–water partition coefficient (Wildman–Crippen LogP) is 4.19. The lowest BCUT2D eigenvalue weighted by Gasteiger charge is -2.19. The molecule has 0 radical (unpaired) electrons. The summed E-state index contributed by atoms with van der Waals surface area (Å²) in [6, 6.07) is 11.3. The van der Waals surface area contributed by atoms with Gasteiger partial charge in [0.05, 0.1) is 5.56 Å². The molecule has 0 fully saturated rings. The summed E-state index contributed by atoms with van der Waals surface area (Å²) in [4.78, 5) is 16.8. The quantitative estimate of drug-likeness (QED) is 0.673. The maximum absolute atomic E-state index is 12.3. The molecular formula is C21H23N3O3S. The number of nitriles is 1. The van der Waals surface area contributed by atoms with Crippen molar-refractivity contribution in [1.29, 1.82) is 5.26 Å². The minimum Gasteiger partial charge on any atom is -0.486 e. The number of pyridine rings is 1. The third-order valence-corrected chi connectivity index (χ3v) is 5.21. The molecule has 2 aromatic rings. The molecule has 0 saturated heterocycles. The molecule has 0 saturated carbocycles. The second-order valence-corrected chi connectivity index (χ2v) is 7.46. The van der Waals surface area contributed by atoms with E-state index < -0.39 is 0 Å². The lowest BCUT2D eigenvalue weighted by Crippen LogP contribution is -2.16. The van der Waals surface area contributed by atoms with Crippen LogP contribution >= 0.6 is 11.8 Å². The number of anilines is 1. The first-order valence-electron chi connectivity index (χ1n) is 9.42. The molecule has 6 nitrogen and oxygen atoms in total. The molecule has 1 N–H and O–H groups in total. The van der Waals surface area contributed by atoms with Crippen LogP contribution in [-0.4, -0.2) is 29.9 Å². The Hall–Kier alpha value is -2.72. The Morgan fingerprint density at radius 1 is 1.25 bits per heavy atom. The molecule has 0 spiro atoms. The molecule has 1 aliphatic rings. The lowest BCUT2D eigenvalue weighted by molar-refractivity contribution is -0.115. The van der Waals surface area contributed by atoms with Gasteiger partial charge in [-0.1, -0.05) is 13.3 Å². The summed E-state index contributed by atoms with van der Waals surface area (Å²) in [6.45, 7) is 3.18. The maximum atomic E-state index is 12.3. The van der Waals surface area contributed by atoms with Crippen LogP contribution in [0.1, 0.15) is 37.4 Å². The molecule has 146 valence electrons. The van der Waals surface area contributed by atoms with Gasteiger partial charge in [0.1, 0.15) is 24.3 Å². The van der Waals surface area contributed by atoms with Crippen molar-refractivity contribution in [2.24, 2.45) is 0 Å². The molecular weight excluding hydrogens is 374 g/mol. The van der Waals surface area contributed by atoms with E-state index in [9.17, 15) is 10.1 Å². The van der Waals surface area contributed by atoms with E-state index in [1.807, 2.05) is 12.1 Å². The first-order valence-corrected chi connectivity index (χ1v) is 10.4. The van der Waals surface area contributed by atoms with Crippen molar-refractivity contribution < 1.29 is 14.3 Å². The summed E-state index contributed by atoms with van der Waals surface area (Å²) in [6.07, 6.45) is 3.40. The number of hydrogen-bond acceptors (Lipinski definition) is 6. The molecule has 7 heteroatoms. The summed E-state index contributed by atoms with van der Waals surface area (Å²) < 4.78 is 11.0. The van der Waals surface area contributed by atoms with Crippen LogP contribution in [0.25, 0.3) is 0 Å². The number of hydrogen-bond donors (Lipinski definition) is 1. The van der Waals surface area contributed by atoms with Gasteiger partial charge in [-0.05, 0) is 37.1 Å². The number of thioether (sulfide) groups is 1. The number of unbranched alkanes of at least 4 members (excludes halogenated alkanes) is 1. The van der Waals surface area contributed by atoms with E-state index in [-0.39, 0.29) is 5.91 Å². The van der Waals surface area contributed by atoms with E-state index in [1.165, 1.54) is 11.8 Å². The van der Waals surface area contributed by atoms with Crippen LogP contribution in [-0.2, 0) is 11.2 Å². The Bertz CT molecular complexity index is 880. The molecule has 1 aliphatic heterocycles. The maximum Gasteiger partial charge on any atom is 0.225 e. The van der Waals surface area contributed by atoms with Crippen LogP contribution in [0.5, 0.6) is 11.5 Å². The van der Waals surface area contributed by atoms with Gasteiger partial charge in [-0.25, -0.2) is 4.98 Å². The summed E-state index contributed by atoms with van der Waals surface area (Å²) in [5, 5.41) is 12.9. The number of carbonyl (C=O) groups is 1. The highest BCUT2D eigenvalue weighted by Crippen LogP contribution is 2.32. The Labute approximate surface area is 169 Å². The van der Waals surface area contributed by atoms with Gasteiger partial charge in [0, 0.05) is 29.6 Å². The minimum absolute atomic E-state index is 0.0928. The van der Waals surface area contributed by atoms with Gasteiger partial charge in [0.25, 0.3) is 0 Å². The van der Waals surface area contributed by atoms with Crippen molar-refractivity contribution in [2.75, 3.05) is 24.3 Å². The number of amides is 1. The normalized spacial score (nSPS) is 12.3. The van der Waals surface area contributed by atoms with Gasteiger partial charge < -0.3 is 14.8 Å². The molecule has 0 atom stereocenters. The van der Waals surface area contributed by atoms with Crippen LogP contribution in [0.4, 0.5) is 5.69 Å². The van der Waals surface area contributed by atoms with E-state index in [0.29, 0.717) is 53.2 Å². The highest BCUT2D eigenvalue weighted by molar-refractivity contribution is 7.99. The first kappa shape index (κ1) is 20.0. The van der Waals surface area contributed by atoms with Gasteiger partial charge >= 0.3 is 0 Å². The van der Waals surface area contributed by atoms with E-state index in [4.69, 9.17) is 9.47 Å². The molecule has 28 heavy (non-hydrogen) atoms. The van der Waals surface area contributed by atoms with E-state index in [1.54, 1.807) is 18.2 Å². The molecule has 0 bridgehead atoms. The number of ether oxygens (including phenoxy) is 2. The van der Waals surface area contributed by atoms with Crippen molar-refractivity contribution in [3.05, 3.63) is 41.6 Å². The minimum atomic E-state index is -0.0928. The molecule has 1 amide bonds. The Morgan fingerprint density at radius 3 is 2.86 bits per heavy atom. The van der Waals surface area contributed by atoms with Crippen LogP contribution in [0.3, 0.4) is 0 Å². The zero-order chi connectivity index (χ0) is 19.8. The van der Waals surface area contributed by atoms with Crippen LogP contribution < -0.4 is 14.8 Å². The molecule has 2 heterocycles. The second kappa shape index (κ2) is 10.00. The number of rotatable bonds is 8. The number of fused-ring (bicyclic) bond motifs is 1. The topological polar surface area (TPSA) is 84.2 Å². The largest absolute Gasteiger partial charge is 0.486 e. The van der Waals surface area contributed by atoms with E-state index in [2.05, 4.69) is 23.3 Å². The highest BCUT2D eigenvalue weighted by atomic mass is 32.2. The average Bonchev–Trinajstić information content (AvgIpc) is 2.72. The standard InChI is InChI=1S/C21H23N3O3S/c1-2-3-4-16-6-5-15(14-22)21(24-16)28-12-9-20(25)23-17-7-8-18-19(13-17)27-11-10-26-18/h5-8,13H,2-4,9-12H2,1H3,(H,23,25). The molecule has 3 rings (SSSR count). The van der Waals surface area contributed by atoms with Gasteiger partial charge in [-0.15, -0.1) is 11.8 Å². The summed E-state index contributed by atoms with van der Waals surface area (Å²) in [5.74, 6) is 1.79. The second-order valence-electron chi connectivity index (χ2n) is 6.38. The summed E-state index contributed by atoms with van der Waals surface area (Å²) >= 11 is 1.44. The zero-order valence-corrected chi connectivity index (χ0v) is 16.7. The van der Waals surface area contributed by atoms with Crippen LogP contribution in [0.2, 0.25) is 0 Å². The number of nitrogens with one attached hydrogen (secondary N) is 1. The van der Waals surface area contributed by atoms with Gasteiger partial charge in [0.15, 0.2) is 11.5 Å². The Balaban J connectivity index is 1.53. The number of nitrogens with zero attached hydrogens (tertiary/aromatic N) is 2. The van der Waals surface area contributed by atoms with Crippen LogP contribution in [0, 0.1) is 11.3 Å². The third-order valence-electron chi connectivity index (χ3n) is 4.22. The lowest BCUT2D eigenvalue weighted by atomic mass is 10.2. The smallest absolute Gasteiger partial charge is 0.225 e. The number of aromatic nitrogens is 1.